The summed E-state index contributed by atoms with van der Waals surface area (Å²) in [6.45, 7) is 2.35. The second-order valence-electron chi connectivity index (χ2n) is 2.95. The number of rotatable bonds is 5. The molecule has 0 fully saturated rings. The molecule has 0 atom stereocenters. The largest absolute Gasteiger partial charge is 0.478 e. The lowest BCUT2D eigenvalue weighted by Crippen LogP contribution is -2.04. The monoisotopic (exact) mass is 227 g/mol. The number of pyridine rings is 1. The van der Waals surface area contributed by atoms with Crippen LogP contribution in [-0.2, 0) is 4.74 Å². The maximum atomic E-state index is 11.0. The molecular formula is C10H13NO3S. The van der Waals surface area contributed by atoms with E-state index in [0.29, 0.717) is 22.9 Å². The molecule has 0 unspecified atom stereocenters. The average Bonchev–Trinajstić information content (AvgIpc) is 2.17. The van der Waals surface area contributed by atoms with Crippen LogP contribution < -0.4 is 0 Å². The SMILES string of the molecule is COCCSc1nccc(C)c1C(=O)O. The molecule has 1 N–H and O–H groups in total. The number of hydrogen-bond acceptors (Lipinski definition) is 4. The van der Waals surface area contributed by atoms with E-state index in [1.807, 2.05) is 0 Å². The molecule has 0 aliphatic carbocycles. The van der Waals surface area contributed by atoms with Crippen molar-refractivity contribution in [3.8, 4) is 0 Å². The lowest BCUT2D eigenvalue weighted by atomic mass is 10.2. The highest BCUT2D eigenvalue weighted by Gasteiger charge is 2.14. The van der Waals surface area contributed by atoms with Gasteiger partial charge in [-0.1, -0.05) is 0 Å². The minimum atomic E-state index is -0.930. The Balaban J connectivity index is 2.86. The number of carboxylic acid groups (broad SMARTS) is 1. The zero-order valence-corrected chi connectivity index (χ0v) is 9.50. The molecule has 0 spiro atoms. The zero-order chi connectivity index (χ0) is 11.3. The Morgan fingerprint density at radius 1 is 1.67 bits per heavy atom. The van der Waals surface area contributed by atoms with Crippen LogP contribution in [0.25, 0.3) is 0 Å². The molecule has 4 nitrogen and oxygen atoms in total. The van der Waals surface area contributed by atoms with Gasteiger partial charge in [0.2, 0.25) is 0 Å². The summed E-state index contributed by atoms with van der Waals surface area (Å²) >= 11 is 1.40. The van der Waals surface area contributed by atoms with Gasteiger partial charge in [0.25, 0.3) is 0 Å². The molecule has 0 bridgehead atoms. The standard InChI is InChI=1S/C10H13NO3S/c1-7-3-4-11-9(8(7)10(12)13)15-6-5-14-2/h3-4H,5-6H2,1-2H3,(H,12,13). The van der Waals surface area contributed by atoms with Gasteiger partial charge in [-0.25, -0.2) is 9.78 Å². The maximum Gasteiger partial charge on any atom is 0.338 e. The predicted octanol–water partition coefficient (Wildman–Crippen LogP) is 1.83. The summed E-state index contributed by atoms with van der Waals surface area (Å²) < 4.78 is 4.90. The van der Waals surface area contributed by atoms with Crippen LogP contribution in [0.1, 0.15) is 15.9 Å². The zero-order valence-electron chi connectivity index (χ0n) is 8.69. The van der Waals surface area contributed by atoms with Gasteiger partial charge in [-0.2, -0.15) is 0 Å². The molecule has 5 heteroatoms. The second-order valence-corrected chi connectivity index (χ2v) is 4.04. The van der Waals surface area contributed by atoms with Gasteiger partial charge in [0.05, 0.1) is 12.2 Å². The van der Waals surface area contributed by atoms with E-state index < -0.39 is 5.97 Å². The summed E-state index contributed by atoms with van der Waals surface area (Å²) in [4.78, 5) is 15.0. The first kappa shape index (κ1) is 12.0. The Morgan fingerprint density at radius 2 is 2.40 bits per heavy atom. The molecule has 0 radical (unpaired) electrons. The molecule has 0 aliphatic heterocycles. The van der Waals surface area contributed by atoms with Gasteiger partial charge in [0.1, 0.15) is 5.03 Å². The van der Waals surface area contributed by atoms with Crippen molar-refractivity contribution in [1.29, 1.82) is 0 Å². The molecule has 0 amide bonds. The first-order valence-electron chi connectivity index (χ1n) is 4.47. The van der Waals surface area contributed by atoms with Crippen LogP contribution in [0.2, 0.25) is 0 Å². The van der Waals surface area contributed by atoms with Gasteiger partial charge in [0.15, 0.2) is 0 Å². The highest BCUT2D eigenvalue weighted by molar-refractivity contribution is 7.99. The minimum Gasteiger partial charge on any atom is -0.478 e. The van der Waals surface area contributed by atoms with Crippen molar-refractivity contribution in [2.24, 2.45) is 0 Å². The van der Waals surface area contributed by atoms with Gasteiger partial charge < -0.3 is 9.84 Å². The molecule has 1 rings (SSSR count). The Morgan fingerprint density at radius 3 is 3.00 bits per heavy atom. The molecule has 0 saturated heterocycles. The van der Waals surface area contributed by atoms with Crippen LogP contribution in [0, 0.1) is 6.92 Å². The van der Waals surface area contributed by atoms with Crippen LogP contribution in [-0.4, -0.2) is 35.5 Å². The Bertz CT molecular complexity index is 355. The Hall–Kier alpha value is -1.07. The smallest absolute Gasteiger partial charge is 0.338 e. The van der Waals surface area contributed by atoms with Gasteiger partial charge in [-0.15, -0.1) is 11.8 Å². The van der Waals surface area contributed by atoms with Gasteiger partial charge in [-0.3, -0.25) is 0 Å². The number of carbonyl (C=O) groups is 1. The van der Waals surface area contributed by atoms with Crippen LogP contribution >= 0.6 is 11.8 Å². The number of aromatic carboxylic acids is 1. The van der Waals surface area contributed by atoms with E-state index in [4.69, 9.17) is 9.84 Å². The van der Waals surface area contributed by atoms with E-state index in [2.05, 4.69) is 4.98 Å². The van der Waals surface area contributed by atoms with Gasteiger partial charge >= 0.3 is 5.97 Å². The average molecular weight is 227 g/mol. The summed E-state index contributed by atoms with van der Waals surface area (Å²) in [5.41, 5.74) is 1.02. The second kappa shape index (κ2) is 5.72. The lowest BCUT2D eigenvalue weighted by molar-refractivity contribution is 0.0691. The summed E-state index contributed by atoms with van der Waals surface area (Å²) in [6, 6.07) is 1.70. The van der Waals surface area contributed by atoms with Crippen LogP contribution in [0.15, 0.2) is 17.3 Å². The quantitative estimate of drug-likeness (QED) is 0.614. The third-order valence-electron chi connectivity index (χ3n) is 1.86. The molecule has 0 aromatic carbocycles. The number of nitrogens with zero attached hydrogens (tertiary/aromatic N) is 1. The first-order valence-corrected chi connectivity index (χ1v) is 5.46. The highest BCUT2D eigenvalue weighted by Crippen LogP contribution is 2.22. The van der Waals surface area contributed by atoms with E-state index in [9.17, 15) is 4.79 Å². The molecule has 0 aliphatic rings. The fraction of sp³-hybridized carbons (Fsp3) is 0.400. The molecule has 1 heterocycles. The summed E-state index contributed by atoms with van der Waals surface area (Å²) in [5.74, 6) is -0.228. The summed E-state index contributed by atoms with van der Waals surface area (Å²) in [6.07, 6.45) is 1.62. The van der Waals surface area contributed by atoms with Crippen molar-refractivity contribution in [2.45, 2.75) is 11.9 Å². The van der Waals surface area contributed by atoms with E-state index in [1.54, 1.807) is 26.3 Å². The van der Waals surface area contributed by atoms with E-state index in [1.165, 1.54) is 11.8 Å². The third kappa shape index (κ3) is 3.21. The van der Waals surface area contributed by atoms with Crippen molar-refractivity contribution in [3.05, 3.63) is 23.4 Å². The van der Waals surface area contributed by atoms with Crippen molar-refractivity contribution >= 4 is 17.7 Å². The molecule has 15 heavy (non-hydrogen) atoms. The first-order chi connectivity index (χ1) is 7.16. The number of carboxylic acids is 1. The third-order valence-corrected chi connectivity index (χ3v) is 2.82. The highest BCUT2D eigenvalue weighted by atomic mass is 32.2. The van der Waals surface area contributed by atoms with E-state index in [-0.39, 0.29) is 0 Å². The predicted molar refractivity (Wildman–Crippen MR) is 58.5 cm³/mol. The minimum absolute atomic E-state index is 0.290. The summed E-state index contributed by atoms with van der Waals surface area (Å²) in [5, 5.41) is 9.57. The Labute approximate surface area is 92.7 Å². The molecule has 1 aromatic rings. The normalized spacial score (nSPS) is 10.3. The fourth-order valence-electron chi connectivity index (χ4n) is 1.12. The van der Waals surface area contributed by atoms with Gasteiger partial charge in [0, 0.05) is 19.1 Å². The molecular weight excluding hydrogens is 214 g/mol. The Kier molecular flexibility index (Phi) is 4.58. The van der Waals surface area contributed by atoms with Crippen molar-refractivity contribution in [2.75, 3.05) is 19.5 Å². The molecule has 82 valence electrons. The van der Waals surface area contributed by atoms with Crippen molar-refractivity contribution in [3.63, 3.8) is 0 Å². The topological polar surface area (TPSA) is 59.4 Å². The number of ether oxygens (including phenoxy) is 1. The number of aromatic nitrogens is 1. The number of thioether (sulfide) groups is 1. The van der Waals surface area contributed by atoms with Crippen LogP contribution in [0.5, 0.6) is 0 Å². The number of aryl methyl sites for hydroxylation is 1. The van der Waals surface area contributed by atoms with Crippen LogP contribution in [0.4, 0.5) is 0 Å². The van der Waals surface area contributed by atoms with Crippen molar-refractivity contribution < 1.29 is 14.6 Å². The van der Waals surface area contributed by atoms with E-state index in [0.717, 1.165) is 5.56 Å². The fourth-order valence-corrected chi connectivity index (χ4v) is 2.10. The molecule has 1 aromatic heterocycles. The number of hydrogen-bond donors (Lipinski definition) is 1. The van der Waals surface area contributed by atoms with E-state index >= 15 is 0 Å². The van der Waals surface area contributed by atoms with Crippen molar-refractivity contribution in [1.82, 2.24) is 4.98 Å². The number of methoxy groups -OCH3 is 1. The maximum absolute atomic E-state index is 11.0. The summed E-state index contributed by atoms with van der Waals surface area (Å²) in [7, 11) is 1.61. The molecule has 0 saturated carbocycles. The lowest BCUT2D eigenvalue weighted by Gasteiger charge is -2.06. The van der Waals surface area contributed by atoms with Gasteiger partial charge in [-0.05, 0) is 18.6 Å². The van der Waals surface area contributed by atoms with Crippen LogP contribution in [0.3, 0.4) is 0 Å².